The van der Waals surface area contributed by atoms with Crippen LogP contribution in [0.3, 0.4) is 0 Å². The number of aryl methyl sites for hydroxylation is 1. The first-order chi connectivity index (χ1) is 15.5. The Morgan fingerprint density at radius 2 is 1.66 bits per heavy atom. The Morgan fingerprint density at radius 3 is 2.44 bits per heavy atom. The highest BCUT2D eigenvalue weighted by atomic mass is 32.2. The number of methoxy groups -OCH3 is 1. The van der Waals surface area contributed by atoms with E-state index in [0.717, 1.165) is 49.9 Å². The van der Waals surface area contributed by atoms with Crippen LogP contribution in [0.25, 0.3) is 11.0 Å². The predicted octanol–water partition coefficient (Wildman–Crippen LogP) is 5.58. The van der Waals surface area contributed by atoms with Crippen LogP contribution < -0.4 is 10.1 Å². The third-order valence-corrected chi connectivity index (χ3v) is 6.38. The summed E-state index contributed by atoms with van der Waals surface area (Å²) in [5.74, 6) is 0.993. The van der Waals surface area contributed by atoms with Gasteiger partial charge in [0, 0.05) is 17.7 Å². The molecule has 32 heavy (non-hydrogen) atoms. The number of thioether (sulfide) groups is 1. The van der Waals surface area contributed by atoms with Gasteiger partial charge in [0.1, 0.15) is 10.8 Å². The molecule has 0 aliphatic heterocycles. The van der Waals surface area contributed by atoms with Gasteiger partial charge in [-0.25, -0.2) is 9.97 Å². The molecule has 4 rings (SSSR count). The van der Waals surface area contributed by atoms with E-state index >= 15 is 0 Å². The molecular formula is C26H25N3O2S. The lowest BCUT2D eigenvalue weighted by Gasteiger charge is -2.13. The molecule has 162 valence electrons. The van der Waals surface area contributed by atoms with Crippen molar-refractivity contribution >= 4 is 34.4 Å². The Bertz CT molecular complexity index is 1270. The number of rotatable bonds is 7. The summed E-state index contributed by atoms with van der Waals surface area (Å²) in [6, 6.07) is 21.6. The summed E-state index contributed by atoms with van der Waals surface area (Å²) in [6.07, 6.45) is 0.572. The maximum Gasteiger partial charge on any atom is 0.234 e. The molecule has 0 spiro atoms. The topological polar surface area (TPSA) is 64.1 Å². The highest BCUT2D eigenvalue weighted by Crippen LogP contribution is 2.28. The molecule has 4 aromatic rings. The van der Waals surface area contributed by atoms with Crippen LogP contribution in [0.2, 0.25) is 0 Å². The van der Waals surface area contributed by atoms with Crippen molar-refractivity contribution in [1.82, 2.24) is 9.97 Å². The molecule has 1 heterocycles. The molecule has 0 radical (unpaired) electrons. The van der Waals surface area contributed by atoms with Crippen molar-refractivity contribution in [2.45, 2.75) is 25.3 Å². The van der Waals surface area contributed by atoms with Gasteiger partial charge in [0.2, 0.25) is 5.91 Å². The molecule has 0 saturated carbocycles. The zero-order valence-electron chi connectivity index (χ0n) is 18.4. The highest BCUT2D eigenvalue weighted by molar-refractivity contribution is 8.00. The van der Waals surface area contributed by atoms with Crippen LogP contribution in [0, 0.1) is 13.8 Å². The molecule has 0 unspecified atom stereocenters. The van der Waals surface area contributed by atoms with Crippen molar-refractivity contribution in [3.8, 4) is 5.75 Å². The molecule has 0 fully saturated rings. The third kappa shape index (κ3) is 4.92. The second-order valence-corrected chi connectivity index (χ2v) is 8.50. The fourth-order valence-corrected chi connectivity index (χ4v) is 4.27. The summed E-state index contributed by atoms with van der Waals surface area (Å²) < 4.78 is 5.51. The van der Waals surface area contributed by atoms with Crippen molar-refractivity contribution in [3.05, 3.63) is 89.1 Å². The minimum atomic E-state index is -0.0677. The molecule has 3 aromatic carbocycles. The summed E-state index contributed by atoms with van der Waals surface area (Å²) in [4.78, 5) is 22.4. The molecule has 6 heteroatoms. The Balaban J connectivity index is 1.58. The van der Waals surface area contributed by atoms with Gasteiger partial charge in [0.25, 0.3) is 0 Å². The Hall–Kier alpha value is -3.38. The number of nitrogens with one attached hydrogen (secondary N) is 1. The van der Waals surface area contributed by atoms with Crippen molar-refractivity contribution in [2.24, 2.45) is 0 Å². The SMILES string of the molecule is COc1ccccc1Cc1nc2ccccc2nc1SCC(=O)Nc1cccc(C)c1C. The number of carbonyl (C=O) groups excluding carboxylic acids is 1. The van der Waals surface area contributed by atoms with E-state index in [-0.39, 0.29) is 11.7 Å². The summed E-state index contributed by atoms with van der Waals surface area (Å²) in [6.45, 7) is 4.05. The lowest BCUT2D eigenvalue weighted by Crippen LogP contribution is -2.15. The number of hydrogen-bond acceptors (Lipinski definition) is 5. The van der Waals surface area contributed by atoms with Gasteiger partial charge in [-0.1, -0.05) is 54.2 Å². The minimum absolute atomic E-state index is 0.0677. The van der Waals surface area contributed by atoms with Gasteiger partial charge in [-0.15, -0.1) is 0 Å². The van der Waals surface area contributed by atoms with Crippen molar-refractivity contribution in [1.29, 1.82) is 0 Å². The normalized spacial score (nSPS) is 10.8. The maximum absolute atomic E-state index is 12.7. The first-order valence-electron chi connectivity index (χ1n) is 10.4. The summed E-state index contributed by atoms with van der Waals surface area (Å²) >= 11 is 1.41. The minimum Gasteiger partial charge on any atom is -0.496 e. The molecule has 0 saturated heterocycles. The number of hydrogen-bond donors (Lipinski definition) is 1. The molecular weight excluding hydrogens is 418 g/mol. The molecule has 5 nitrogen and oxygen atoms in total. The largest absolute Gasteiger partial charge is 0.496 e. The second kappa shape index (κ2) is 9.83. The molecule has 0 bridgehead atoms. The van der Waals surface area contributed by atoms with E-state index < -0.39 is 0 Å². The number of carbonyl (C=O) groups is 1. The Morgan fingerprint density at radius 1 is 0.938 bits per heavy atom. The number of ether oxygens (including phenoxy) is 1. The number of aromatic nitrogens is 2. The average Bonchev–Trinajstić information content (AvgIpc) is 2.81. The third-order valence-electron chi connectivity index (χ3n) is 5.38. The lowest BCUT2D eigenvalue weighted by molar-refractivity contribution is -0.113. The van der Waals surface area contributed by atoms with Gasteiger partial charge in [-0.05, 0) is 49.2 Å². The summed E-state index contributed by atoms with van der Waals surface area (Å²) in [5, 5.41) is 3.77. The standard InChI is InChI=1S/C26H25N3O2S/c1-17-9-8-13-20(18(17)2)28-25(30)16-32-26-23(15-19-10-4-7-14-24(19)31-3)27-21-11-5-6-12-22(21)29-26/h4-14H,15-16H2,1-3H3,(H,28,30). The number of anilines is 1. The Kier molecular flexibility index (Phi) is 6.71. The molecule has 1 aromatic heterocycles. The Labute approximate surface area is 192 Å². The zero-order chi connectivity index (χ0) is 22.5. The summed E-state index contributed by atoms with van der Waals surface area (Å²) in [5.41, 5.74) is 6.58. The molecule has 0 aliphatic rings. The van der Waals surface area contributed by atoms with Gasteiger partial charge in [0.05, 0.1) is 29.6 Å². The van der Waals surface area contributed by atoms with Gasteiger partial charge >= 0.3 is 0 Å². The van der Waals surface area contributed by atoms with Crippen LogP contribution in [0.15, 0.2) is 71.8 Å². The quantitative estimate of drug-likeness (QED) is 0.378. The summed E-state index contributed by atoms with van der Waals surface area (Å²) in [7, 11) is 1.66. The number of amides is 1. The average molecular weight is 444 g/mol. The van der Waals surface area contributed by atoms with Crippen LogP contribution in [0.5, 0.6) is 5.75 Å². The van der Waals surface area contributed by atoms with E-state index in [0.29, 0.717) is 6.42 Å². The number of fused-ring (bicyclic) bond motifs is 1. The van der Waals surface area contributed by atoms with Crippen LogP contribution >= 0.6 is 11.8 Å². The molecule has 1 amide bonds. The van der Waals surface area contributed by atoms with Gasteiger partial charge < -0.3 is 10.1 Å². The van der Waals surface area contributed by atoms with E-state index in [4.69, 9.17) is 14.7 Å². The van der Waals surface area contributed by atoms with E-state index in [9.17, 15) is 4.79 Å². The fourth-order valence-electron chi connectivity index (χ4n) is 3.49. The van der Waals surface area contributed by atoms with E-state index in [2.05, 4.69) is 5.32 Å². The smallest absolute Gasteiger partial charge is 0.234 e. The van der Waals surface area contributed by atoms with E-state index in [1.165, 1.54) is 11.8 Å². The zero-order valence-corrected chi connectivity index (χ0v) is 19.2. The molecule has 0 atom stereocenters. The number of para-hydroxylation sites is 3. The van der Waals surface area contributed by atoms with Gasteiger partial charge in [-0.2, -0.15) is 0 Å². The number of nitrogens with zero attached hydrogens (tertiary/aromatic N) is 2. The molecule has 1 N–H and O–H groups in total. The first kappa shape index (κ1) is 21.8. The first-order valence-corrected chi connectivity index (χ1v) is 11.4. The van der Waals surface area contributed by atoms with Crippen molar-refractivity contribution < 1.29 is 9.53 Å². The van der Waals surface area contributed by atoms with Crippen LogP contribution in [0.4, 0.5) is 5.69 Å². The monoisotopic (exact) mass is 443 g/mol. The predicted molar refractivity (Wildman–Crippen MR) is 131 cm³/mol. The van der Waals surface area contributed by atoms with E-state index in [1.54, 1.807) is 7.11 Å². The number of benzene rings is 3. The van der Waals surface area contributed by atoms with Crippen LogP contribution in [-0.2, 0) is 11.2 Å². The van der Waals surface area contributed by atoms with Gasteiger partial charge in [-0.3, -0.25) is 4.79 Å². The maximum atomic E-state index is 12.7. The lowest BCUT2D eigenvalue weighted by atomic mass is 10.1. The van der Waals surface area contributed by atoms with E-state index in [1.807, 2.05) is 80.6 Å². The van der Waals surface area contributed by atoms with Gasteiger partial charge in [0.15, 0.2) is 0 Å². The van der Waals surface area contributed by atoms with Crippen LogP contribution in [0.1, 0.15) is 22.4 Å². The van der Waals surface area contributed by atoms with Crippen molar-refractivity contribution in [3.63, 3.8) is 0 Å². The van der Waals surface area contributed by atoms with Crippen molar-refractivity contribution in [2.75, 3.05) is 18.2 Å². The second-order valence-electron chi connectivity index (χ2n) is 7.54. The fraction of sp³-hybridized carbons (Fsp3) is 0.192. The molecule has 0 aliphatic carbocycles. The highest BCUT2D eigenvalue weighted by Gasteiger charge is 2.15. The van der Waals surface area contributed by atoms with Crippen LogP contribution in [-0.4, -0.2) is 28.7 Å².